The molecule has 0 fully saturated rings. The Morgan fingerprint density at radius 1 is 1.09 bits per heavy atom. The van der Waals surface area contributed by atoms with Gasteiger partial charge in [0.1, 0.15) is 18.5 Å². The van der Waals surface area contributed by atoms with Crippen LogP contribution in [0.2, 0.25) is 0 Å². The fourth-order valence-electron chi connectivity index (χ4n) is 2.53. The number of aryl methyl sites for hydroxylation is 1. The smallest absolute Gasteiger partial charge is 0.127 e. The minimum atomic E-state index is -0.847. The molecule has 4 nitrogen and oxygen atoms in total. The fraction of sp³-hybridized carbons (Fsp3) is 0.444. The first-order valence-corrected chi connectivity index (χ1v) is 7.83. The highest BCUT2D eigenvalue weighted by Gasteiger charge is 2.09. The topological polar surface area (TPSA) is 61.7 Å². The molecule has 0 aliphatic rings. The number of unbranched alkanes of at least 4 members (excludes halogenated alkanes) is 1. The van der Waals surface area contributed by atoms with E-state index in [0.29, 0.717) is 0 Å². The molecule has 0 aliphatic heterocycles. The summed E-state index contributed by atoms with van der Waals surface area (Å²) < 4.78 is 5.65. The number of aliphatic hydroxyl groups is 2. The molecular weight excluding hydrogens is 278 g/mol. The summed E-state index contributed by atoms with van der Waals surface area (Å²) in [6.45, 7) is 0.849. The molecule has 3 N–H and O–H groups in total. The normalized spacial score (nSPS) is 12.5. The molecule has 2 rings (SSSR count). The van der Waals surface area contributed by atoms with E-state index in [1.807, 2.05) is 31.3 Å². The lowest BCUT2D eigenvalue weighted by Crippen LogP contribution is -2.21. The number of aliphatic hydroxyl groups excluding tert-OH is 2. The van der Waals surface area contributed by atoms with Crippen molar-refractivity contribution < 1.29 is 14.9 Å². The Balaban J connectivity index is 2.15. The summed E-state index contributed by atoms with van der Waals surface area (Å²) in [5.74, 6) is 0.752. The summed E-state index contributed by atoms with van der Waals surface area (Å²) in [5.41, 5.74) is 1.32. The Morgan fingerprint density at radius 3 is 2.59 bits per heavy atom. The Morgan fingerprint density at radius 2 is 1.86 bits per heavy atom. The second-order valence-corrected chi connectivity index (χ2v) is 5.48. The van der Waals surface area contributed by atoms with Crippen molar-refractivity contribution in [1.29, 1.82) is 0 Å². The third kappa shape index (κ3) is 4.44. The Kier molecular flexibility index (Phi) is 6.65. The average molecular weight is 303 g/mol. The molecule has 2 aromatic rings. The van der Waals surface area contributed by atoms with Crippen LogP contribution in [0.3, 0.4) is 0 Å². The van der Waals surface area contributed by atoms with Gasteiger partial charge in [-0.3, -0.25) is 0 Å². The molecular formula is C18H25NO3. The van der Waals surface area contributed by atoms with Gasteiger partial charge in [0.15, 0.2) is 0 Å². The number of rotatable bonds is 9. The molecule has 4 heteroatoms. The van der Waals surface area contributed by atoms with Crippen LogP contribution in [0, 0.1) is 0 Å². The molecule has 1 unspecified atom stereocenters. The van der Waals surface area contributed by atoms with Gasteiger partial charge >= 0.3 is 0 Å². The van der Waals surface area contributed by atoms with Crippen LogP contribution in [0.5, 0.6) is 5.75 Å². The van der Waals surface area contributed by atoms with E-state index >= 15 is 0 Å². The number of hydrogen-bond acceptors (Lipinski definition) is 4. The molecule has 1 atom stereocenters. The molecule has 0 saturated heterocycles. The van der Waals surface area contributed by atoms with E-state index in [4.69, 9.17) is 9.84 Å². The van der Waals surface area contributed by atoms with E-state index in [-0.39, 0.29) is 13.2 Å². The van der Waals surface area contributed by atoms with E-state index in [2.05, 4.69) is 17.4 Å². The van der Waals surface area contributed by atoms with Crippen LogP contribution in [0.1, 0.15) is 18.4 Å². The van der Waals surface area contributed by atoms with Gasteiger partial charge in [-0.1, -0.05) is 30.3 Å². The molecule has 0 radical (unpaired) electrons. The summed E-state index contributed by atoms with van der Waals surface area (Å²) in [4.78, 5) is 0. The second-order valence-electron chi connectivity index (χ2n) is 5.48. The van der Waals surface area contributed by atoms with Gasteiger partial charge in [0.25, 0.3) is 0 Å². The molecule has 120 valence electrons. The lowest BCUT2D eigenvalue weighted by atomic mass is 9.99. The van der Waals surface area contributed by atoms with Crippen molar-refractivity contribution in [1.82, 2.24) is 5.32 Å². The van der Waals surface area contributed by atoms with Crippen molar-refractivity contribution in [3.8, 4) is 5.75 Å². The van der Waals surface area contributed by atoms with Crippen LogP contribution < -0.4 is 10.1 Å². The Bertz CT molecular complexity index is 586. The lowest BCUT2D eigenvalue weighted by molar-refractivity contribution is 0.0541. The van der Waals surface area contributed by atoms with E-state index in [1.165, 1.54) is 10.9 Å². The minimum absolute atomic E-state index is 0.0992. The fourth-order valence-corrected chi connectivity index (χ4v) is 2.53. The quantitative estimate of drug-likeness (QED) is 0.621. The highest BCUT2D eigenvalue weighted by molar-refractivity contribution is 5.91. The monoisotopic (exact) mass is 303 g/mol. The Hall–Kier alpha value is -1.62. The first kappa shape index (κ1) is 16.7. The van der Waals surface area contributed by atoms with Crippen molar-refractivity contribution in [2.75, 3.05) is 26.8 Å². The van der Waals surface area contributed by atoms with Crippen molar-refractivity contribution in [3.05, 3.63) is 42.0 Å². The zero-order valence-electron chi connectivity index (χ0n) is 13.1. The number of nitrogens with one attached hydrogen (secondary N) is 1. The number of fused-ring (bicyclic) bond motifs is 1. The van der Waals surface area contributed by atoms with Crippen LogP contribution in [-0.4, -0.2) is 43.1 Å². The second kappa shape index (κ2) is 8.73. The van der Waals surface area contributed by atoms with Crippen molar-refractivity contribution >= 4 is 10.8 Å². The van der Waals surface area contributed by atoms with Crippen LogP contribution in [0.4, 0.5) is 0 Å². The van der Waals surface area contributed by atoms with E-state index in [1.54, 1.807) is 0 Å². The highest BCUT2D eigenvalue weighted by atomic mass is 16.5. The molecule has 0 saturated carbocycles. The van der Waals surface area contributed by atoms with Crippen LogP contribution in [0.15, 0.2) is 36.4 Å². The SMILES string of the molecule is CNCCCCc1ccc(OCC(O)CO)c2ccccc12. The predicted molar refractivity (Wildman–Crippen MR) is 89.4 cm³/mol. The van der Waals surface area contributed by atoms with E-state index in [0.717, 1.165) is 36.9 Å². The lowest BCUT2D eigenvalue weighted by Gasteiger charge is -2.14. The maximum atomic E-state index is 9.43. The summed E-state index contributed by atoms with van der Waals surface area (Å²) >= 11 is 0. The van der Waals surface area contributed by atoms with Gasteiger partial charge in [0, 0.05) is 5.39 Å². The molecule has 0 aromatic heterocycles. The van der Waals surface area contributed by atoms with Crippen molar-refractivity contribution in [2.24, 2.45) is 0 Å². The zero-order chi connectivity index (χ0) is 15.8. The minimum Gasteiger partial charge on any atom is -0.490 e. The molecule has 2 aromatic carbocycles. The summed E-state index contributed by atoms with van der Waals surface area (Å²) in [7, 11) is 1.97. The Labute approximate surface area is 131 Å². The highest BCUT2D eigenvalue weighted by Crippen LogP contribution is 2.29. The third-order valence-electron chi connectivity index (χ3n) is 3.74. The van der Waals surface area contributed by atoms with Crippen LogP contribution >= 0.6 is 0 Å². The predicted octanol–water partition coefficient (Wildman–Crippen LogP) is 2.11. The maximum Gasteiger partial charge on any atom is 0.127 e. The first-order chi connectivity index (χ1) is 10.8. The molecule has 0 aliphatic carbocycles. The van der Waals surface area contributed by atoms with Crippen molar-refractivity contribution in [2.45, 2.75) is 25.4 Å². The van der Waals surface area contributed by atoms with E-state index < -0.39 is 6.10 Å². The van der Waals surface area contributed by atoms with Gasteiger partial charge in [0.05, 0.1) is 6.61 Å². The van der Waals surface area contributed by atoms with E-state index in [9.17, 15) is 5.11 Å². The number of ether oxygens (including phenoxy) is 1. The molecule has 0 bridgehead atoms. The standard InChI is InChI=1S/C18H25NO3/c1-19-11-5-4-6-14-9-10-18(22-13-15(21)12-20)17-8-3-2-7-16(14)17/h2-3,7-10,15,19-21H,4-6,11-13H2,1H3. The zero-order valence-corrected chi connectivity index (χ0v) is 13.1. The van der Waals surface area contributed by atoms with Gasteiger partial charge in [-0.15, -0.1) is 0 Å². The summed E-state index contributed by atoms with van der Waals surface area (Å²) in [6, 6.07) is 12.2. The largest absolute Gasteiger partial charge is 0.490 e. The number of hydrogen-bond donors (Lipinski definition) is 3. The van der Waals surface area contributed by atoms with Crippen LogP contribution in [0.25, 0.3) is 10.8 Å². The van der Waals surface area contributed by atoms with Gasteiger partial charge < -0.3 is 20.3 Å². The number of benzene rings is 2. The molecule has 0 amide bonds. The first-order valence-electron chi connectivity index (χ1n) is 7.83. The third-order valence-corrected chi connectivity index (χ3v) is 3.74. The average Bonchev–Trinajstić information content (AvgIpc) is 2.57. The summed E-state index contributed by atoms with van der Waals surface area (Å²) in [6.07, 6.45) is 2.50. The summed E-state index contributed by atoms with van der Waals surface area (Å²) in [5, 5.41) is 23.7. The van der Waals surface area contributed by atoms with Gasteiger partial charge in [-0.2, -0.15) is 0 Å². The van der Waals surface area contributed by atoms with Gasteiger partial charge in [0.2, 0.25) is 0 Å². The van der Waals surface area contributed by atoms with Crippen LogP contribution in [-0.2, 0) is 6.42 Å². The molecule has 0 spiro atoms. The van der Waals surface area contributed by atoms with Crippen molar-refractivity contribution in [3.63, 3.8) is 0 Å². The van der Waals surface area contributed by atoms with Gasteiger partial charge in [-0.05, 0) is 49.9 Å². The molecule has 22 heavy (non-hydrogen) atoms. The van der Waals surface area contributed by atoms with Gasteiger partial charge in [-0.25, -0.2) is 0 Å². The molecule has 0 heterocycles. The maximum absolute atomic E-state index is 9.43.